The number of nitrogens with one attached hydrogen (secondary N) is 1. The third kappa shape index (κ3) is 3.50. The molecule has 1 N–H and O–H groups in total. The van der Waals surface area contributed by atoms with Gasteiger partial charge in [0.15, 0.2) is 0 Å². The zero-order chi connectivity index (χ0) is 8.65. The molecule has 0 unspecified atom stereocenters. The highest BCUT2D eigenvalue weighted by molar-refractivity contribution is 4.93. The summed E-state index contributed by atoms with van der Waals surface area (Å²) in [4.78, 5) is 0. The maximum Gasteiger partial charge on any atom is 0.124 e. The first-order valence-corrected chi connectivity index (χ1v) is 4.11. The Kier molecular flexibility index (Phi) is 4.41. The molecule has 0 amide bonds. The van der Waals surface area contributed by atoms with E-state index >= 15 is 0 Å². The summed E-state index contributed by atoms with van der Waals surface area (Å²) in [5, 5.41) is 6.93. The number of hydrogen-bond donors (Lipinski definition) is 1. The van der Waals surface area contributed by atoms with Crippen LogP contribution in [0.4, 0.5) is 0 Å². The van der Waals surface area contributed by atoms with Crippen LogP contribution in [0.1, 0.15) is 12.6 Å². The largest absolute Gasteiger partial charge is 0.380 e. The van der Waals surface area contributed by atoms with Crippen molar-refractivity contribution in [1.29, 1.82) is 0 Å². The summed E-state index contributed by atoms with van der Waals surface area (Å²) in [6, 6.07) is 1.84. The van der Waals surface area contributed by atoms with Crippen molar-refractivity contribution in [2.24, 2.45) is 0 Å². The third-order valence-electron chi connectivity index (χ3n) is 1.42. The molecule has 0 bridgehead atoms. The van der Waals surface area contributed by atoms with E-state index in [1.54, 1.807) is 6.26 Å². The minimum absolute atomic E-state index is 0.740. The molecular formula is C8H14N2O2. The summed E-state index contributed by atoms with van der Waals surface area (Å²) in [5.74, 6) is 0. The number of nitrogens with zero attached hydrogens (tertiary/aromatic N) is 1. The van der Waals surface area contributed by atoms with E-state index in [9.17, 15) is 0 Å². The van der Waals surface area contributed by atoms with Crippen molar-refractivity contribution < 1.29 is 9.26 Å². The molecule has 4 heteroatoms. The van der Waals surface area contributed by atoms with Crippen molar-refractivity contribution >= 4 is 0 Å². The molecule has 1 aromatic rings. The fourth-order valence-corrected chi connectivity index (χ4v) is 0.834. The second kappa shape index (κ2) is 5.74. The van der Waals surface area contributed by atoms with Crippen LogP contribution < -0.4 is 5.32 Å². The molecule has 0 aromatic carbocycles. The Balaban J connectivity index is 1.96. The summed E-state index contributed by atoms with van der Waals surface area (Å²) < 4.78 is 9.82. The van der Waals surface area contributed by atoms with Crippen LogP contribution in [0.25, 0.3) is 0 Å². The van der Waals surface area contributed by atoms with E-state index in [1.165, 1.54) is 0 Å². The molecule has 0 fully saturated rings. The minimum Gasteiger partial charge on any atom is -0.380 e. The van der Waals surface area contributed by atoms with E-state index in [4.69, 9.17) is 4.74 Å². The molecule has 4 nitrogen and oxygen atoms in total. The van der Waals surface area contributed by atoms with Crippen LogP contribution in [0, 0.1) is 0 Å². The molecule has 1 rings (SSSR count). The monoisotopic (exact) mass is 170 g/mol. The first-order valence-electron chi connectivity index (χ1n) is 4.11. The fraction of sp³-hybridized carbons (Fsp3) is 0.625. The van der Waals surface area contributed by atoms with Gasteiger partial charge in [0.2, 0.25) is 0 Å². The van der Waals surface area contributed by atoms with Crippen LogP contribution in [0.15, 0.2) is 16.9 Å². The molecule has 12 heavy (non-hydrogen) atoms. The molecule has 0 aliphatic carbocycles. The molecule has 0 aliphatic rings. The fourth-order valence-electron chi connectivity index (χ4n) is 0.834. The highest BCUT2D eigenvalue weighted by Crippen LogP contribution is 1.91. The van der Waals surface area contributed by atoms with Gasteiger partial charge in [0, 0.05) is 25.8 Å². The second-order valence-electron chi connectivity index (χ2n) is 2.36. The maximum absolute atomic E-state index is 5.15. The van der Waals surface area contributed by atoms with Gasteiger partial charge in [-0.05, 0) is 6.92 Å². The van der Waals surface area contributed by atoms with Gasteiger partial charge in [-0.3, -0.25) is 0 Å². The van der Waals surface area contributed by atoms with Crippen LogP contribution in [-0.4, -0.2) is 24.9 Å². The minimum atomic E-state index is 0.740. The standard InChI is InChI=1S/C8H14N2O2/c1-2-11-6-4-9-7-8-3-5-12-10-8/h3,5,9H,2,4,6-7H2,1H3. The van der Waals surface area contributed by atoms with Gasteiger partial charge in [-0.2, -0.15) is 0 Å². The van der Waals surface area contributed by atoms with E-state index in [0.29, 0.717) is 0 Å². The number of rotatable bonds is 6. The van der Waals surface area contributed by atoms with Crippen LogP contribution in [0.3, 0.4) is 0 Å². The predicted molar refractivity (Wildman–Crippen MR) is 44.7 cm³/mol. The summed E-state index contributed by atoms with van der Waals surface area (Å²) in [6.07, 6.45) is 1.57. The highest BCUT2D eigenvalue weighted by Gasteiger charge is 1.93. The Bertz CT molecular complexity index is 187. The lowest BCUT2D eigenvalue weighted by atomic mass is 10.4. The zero-order valence-corrected chi connectivity index (χ0v) is 7.25. The summed E-state index contributed by atoms with van der Waals surface area (Å²) in [5.41, 5.74) is 0.923. The molecule has 1 aromatic heterocycles. The first kappa shape index (κ1) is 9.22. The lowest BCUT2D eigenvalue weighted by Gasteiger charge is -2.01. The van der Waals surface area contributed by atoms with E-state index in [0.717, 1.165) is 32.0 Å². The van der Waals surface area contributed by atoms with Crippen molar-refractivity contribution in [3.8, 4) is 0 Å². The van der Waals surface area contributed by atoms with Crippen molar-refractivity contribution in [3.05, 3.63) is 18.0 Å². The van der Waals surface area contributed by atoms with Gasteiger partial charge in [-0.25, -0.2) is 0 Å². The Morgan fingerprint density at radius 2 is 2.58 bits per heavy atom. The predicted octanol–water partition coefficient (Wildman–Crippen LogP) is 0.801. The normalized spacial score (nSPS) is 10.4. The van der Waals surface area contributed by atoms with Gasteiger partial charge < -0.3 is 14.6 Å². The lowest BCUT2D eigenvalue weighted by Crippen LogP contribution is -2.19. The van der Waals surface area contributed by atoms with E-state index in [-0.39, 0.29) is 0 Å². The van der Waals surface area contributed by atoms with Gasteiger partial charge >= 0.3 is 0 Å². The van der Waals surface area contributed by atoms with Crippen LogP contribution in [-0.2, 0) is 11.3 Å². The molecule has 0 saturated carbocycles. The van der Waals surface area contributed by atoms with Crippen molar-refractivity contribution in [1.82, 2.24) is 10.5 Å². The second-order valence-corrected chi connectivity index (χ2v) is 2.36. The topological polar surface area (TPSA) is 47.3 Å². The first-order chi connectivity index (χ1) is 5.93. The summed E-state index contributed by atoms with van der Waals surface area (Å²) in [6.45, 7) is 5.09. The summed E-state index contributed by atoms with van der Waals surface area (Å²) in [7, 11) is 0. The highest BCUT2D eigenvalue weighted by atomic mass is 16.5. The van der Waals surface area contributed by atoms with E-state index in [1.807, 2.05) is 13.0 Å². The lowest BCUT2D eigenvalue weighted by molar-refractivity contribution is 0.149. The van der Waals surface area contributed by atoms with E-state index in [2.05, 4.69) is 15.0 Å². The summed E-state index contributed by atoms with van der Waals surface area (Å²) >= 11 is 0. The Labute approximate surface area is 71.9 Å². The van der Waals surface area contributed by atoms with Gasteiger partial charge in [0.05, 0.1) is 12.3 Å². The van der Waals surface area contributed by atoms with E-state index < -0.39 is 0 Å². The quantitative estimate of drug-likeness (QED) is 0.641. The Morgan fingerprint density at radius 1 is 1.67 bits per heavy atom. The van der Waals surface area contributed by atoms with Crippen LogP contribution in [0.2, 0.25) is 0 Å². The average Bonchev–Trinajstić information content (AvgIpc) is 2.57. The van der Waals surface area contributed by atoms with Crippen LogP contribution >= 0.6 is 0 Å². The smallest absolute Gasteiger partial charge is 0.124 e. The zero-order valence-electron chi connectivity index (χ0n) is 7.25. The van der Waals surface area contributed by atoms with Gasteiger partial charge in [-0.15, -0.1) is 0 Å². The number of aromatic nitrogens is 1. The number of hydrogen-bond acceptors (Lipinski definition) is 4. The van der Waals surface area contributed by atoms with Crippen molar-refractivity contribution in [3.63, 3.8) is 0 Å². The molecule has 0 spiro atoms. The van der Waals surface area contributed by atoms with Gasteiger partial charge in [-0.1, -0.05) is 5.16 Å². The van der Waals surface area contributed by atoms with Crippen molar-refractivity contribution in [2.75, 3.05) is 19.8 Å². The Hall–Kier alpha value is -0.870. The van der Waals surface area contributed by atoms with Gasteiger partial charge in [0.25, 0.3) is 0 Å². The molecule has 0 aliphatic heterocycles. The third-order valence-corrected chi connectivity index (χ3v) is 1.42. The molecular weight excluding hydrogens is 156 g/mol. The molecule has 1 heterocycles. The van der Waals surface area contributed by atoms with Gasteiger partial charge in [0.1, 0.15) is 6.26 Å². The molecule has 68 valence electrons. The SMILES string of the molecule is CCOCCNCc1ccon1. The van der Waals surface area contributed by atoms with Crippen molar-refractivity contribution in [2.45, 2.75) is 13.5 Å². The maximum atomic E-state index is 5.15. The molecule has 0 atom stereocenters. The molecule has 0 radical (unpaired) electrons. The molecule has 0 saturated heterocycles. The Morgan fingerprint density at radius 3 is 3.25 bits per heavy atom. The average molecular weight is 170 g/mol. The van der Waals surface area contributed by atoms with Crippen LogP contribution in [0.5, 0.6) is 0 Å². The number of ether oxygens (including phenoxy) is 1.